The van der Waals surface area contributed by atoms with E-state index < -0.39 is 5.92 Å². The summed E-state index contributed by atoms with van der Waals surface area (Å²) in [5, 5.41) is 3.05. The molecule has 2 aliphatic rings. The van der Waals surface area contributed by atoms with E-state index in [2.05, 4.69) is 15.3 Å². The van der Waals surface area contributed by atoms with Gasteiger partial charge in [-0.25, -0.2) is 14.4 Å². The van der Waals surface area contributed by atoms with Crippen LogP contribution in [-0.2, 0) is 9.59 Å². The Morgan fingerprint density at radius 3 is 2.75 bits per heavy atom. The van der Waals surface area contributed by atoms with Gasteiger partial charge >= 0.3 is 0 Å². The molecule has 1 aromatic heterocycles. The summed E-state index contributed by atoms with van der Waals surface area (Å²) < 4.78 is 13.9. The van der Waals surface area contributed by atoms with Gasteiger partial charge in [-0.2, -0.15) is 0 Å². The zero-order valence-electron chi connectivity index (χ0n) is 15.4. The zero-order chi connectivity index (χ0) is 19.5. The minimum atomic E-state index is -0.859. The Bertz CT molecular complexity index is 900. The number of allylic oxidation sites excluding steroid dienone is 1. The number of carbonyl (C=O) groups excluding carboxylic acids is 2. The average Bonchev–Trinajstić information content (AvgIpc) is 2.71. The number of hydrogen-bond acceptors (Lipinski definition) is 4. The number of carbonyl (C=O) groups is 2. The quantitative estimate of drug-likeness (QED) is 0.654. The number of nitrogens with one attached hydrogen (secondary N) is 1. The van der Waals surface area contributed by atoms with Crippen LogP contribution >= 0.6 is 0 Å². The molecular formula is C22H22FN3O2. The van der Waals surface area contributed by atoms with Crippen molar-refractivity contribution in [2.24, 2.45) is 11.8 Å². The van der Waals surface area contributed by atoms with Crippen LogP contribution in [0.5, 0.6) is 0 Å². The third-order valence-electron chi connectivity index (χ3n) is 5.81. The fourth-order valence-electron chi connectivity index (χ4n) is 4.59. The van der Waals surface area contributed by atoms with E-state index in [1.54, 1.807) is 24.5 Å². The van der Waals surface area contributed by atoms with E-state index in [0.29, 0.717) is 5.56 Å². The molecule has 4 unspecified atom stereocenters. The largest absolute Gasteiger partial charge is 0.352 e. The summed E-state index contributed by atoms with van der Waals surface area (Å²) in [5.41, 5.74) is 1.41. The van der Waals surface area contributed by atoms with E-state index in [1.807, 2.05) is 6.07 Å². The maximum atomic E-state index is 13.9. The molecule has 1 saturated carbocycles. The van der Waals surface area contributed by atoms with Crippen LogP contribution in [0.25, 0.3) is 6.08 Å². The molecule has 1 N–H and O–H groups in total. The van der Waals surface area contributed by atoms with Gasteiger partial charge in [-0.15, -0.1) is 0 Å². The van der Waals surface area contributed by atoms with Crippen LogP contribution in [0.15, 0.2) is 49.1 Å². The van der Waals surface area contributed by atoms with Gasteiger partial charge in [-0.05, 0) is 48.6 Å². The minimum absolute atomic E-state index is 0.0464. The van der Waals surface area contributed by atoms with Crippen molar-refractivity contribution in [3.05, 3.63) is 66.0 Å². The first-order chi connectivity index (χ1) is 13.6. The number of ketones is 1. The van der Waals surface area contributed by atoms with Gasteiger partial charge in [0.05, 0.1) is 0 Å². The van der Waals surface area contributed by atoms with Crippen LogP contribution in [-0.4, -0.2) is 27.7 Å². The first-order valence-electron chi connectivity index (χ1n) is 9.66. The van der Waals surface area contributed by atoms with Crippen molar-refractivity contribution in [1.82, 2.24) is 15.3 Å². The highest BCUT2D eigenvalue weighted by molar-refractivity contribution is 6.09. The molecule has 28 heavy (non-hydrogen) atoms. The van der Waals surface area contributed by atoms with E-state index in [0.717, 1.165) is 31.2 Å². The number of hydrogen-bond donors (Lipinski definition) is 1. The van der Waals surface area contributed by atoms with Crippen LogP contribution in [0.3, 0.4) is 0 Å². The van der Waals surface area contributed by atoms with Gasteiger partial charge in [-0.1, -0.05) is 25.0 Å². The zero-order valence-corrected chi connectivity index (χ0v) is 15.4. The van der Waals surface area contributed by atoms with E-state index in [9.17, 15) is 14.0 Å². The predicted octanol–water partition coefficient (Wildman–Crippen LogP) is 3.29. The van der Waals surface area contributed by atoms with Crippen molar-refractivity contribution in [2.75, 3.05) is 0 Å². The normalized spacial score (nSPS) is 27.2. The first-order valence-corrected chi connectivity index (χ1v) is 9.66. The second-order valence-electron chi connectivity index (χ2n) is 7.53. The van der Waals surface area contributed by atoms with Gasteiger partial charge in [0.2, 0.25) is 5.91 Å². The van der Waals surface area contributed by atoms with Gasteiger partial charge in [0.25, 0.3) is 0 Å². The molecule has 0 spiro atoms. The topological polar surface area (TPSA) is 72.0 Å². The fraction of sp³-hybridized carbons (Fsp3) is 0.364. The number of amides is 1. The molecule has 2 fully saturated rings. The lowest BCUT2D eigenvalue weighted by atomic mass is 9.64. The maximum Gasteiger partial charge on any atom is 0.231 e. The van der Waals surface area contributed by atoms with Gasteiger partial charge in [0, 0.05) is 29.9 Å². The van der Waals surface area contributed by atoms with E-state index in [4.69, 9.17) is 0 Å². The summed E-state index contributed by atoms with van der Waals surface area (Å²) in [6, 6.07) is 6.37. The summed E-state index contributed by atoms with van der Waals surface area (Å²) in [6.45, 7) is 0. The van der Waals surface area contributed by atoms with Crippen molar-refractivity contribution in [1.29, 1.82) is 0 Å². The number of rotatable bonds is 4. The van der Waals surface area contributed by atoms with Crippen LogP contribution in [0.1, 0.15) is 42.7 Å². The van der Waals surface area contributed by atoms with Gasteiger partial charge in [-0.3, -0.25) is 9.59 Å². The number of halogens is 1. The lowest BCUT2D eigenvalue weighted by Gasteiger charge is -2.45. The molecule has 0 bridgehead atoms. The second-order valence-corrected chi connectivity index (χ2v) is 7.53. The van der Waals surface area contributed by atoms with Crippen molar-refractivity contribution in [2.45, 2.75) is 37.6 Å². The SMILES string of the molecule is O=C(/C=C/c1cncnc1)C1C(=O)NC2CCCCC2C1c1cccc(F)c1. The predicted molar refractivity (Wildman–Crippen MR) is 103 cm³/mol. The Hall–Kier alpha value is -2.89. The Morgan fingerprint density at radius 2 is 1.96 bits per heavy atom. The van der Waals surface area contributed by atoms with Gasteiger partial charge in [0.1, 0.15) is 18.1 Å². The van der Waals surface area contributed by atoms with Gasteiger partial charge < -0.3 is 5.32 Å². The van der Waals surface area contributed by atoms with Crippen LogP contribution in [0.2, 0.25) is 0 Å². The average molecular weight is 379 g/mol. The molecule has 2 aromatic rings. The molecule has 5 nitrogen and oxygen atoms in total. The van der Waals surface area contributed by atoms with Crippen molar-refractivity contribution in [3.63, 3.8) is 0 Å². The van der Waals surface area contributed by atoms with Crippen LogP contribution in [0.4, 0.5) is 4.39 Å². The first kappa shape index (κ1) is 18.5. The van der Waals surface area contributed by atoms with E-state index in [1.165, 1.54) is 24.5 Å². The molecule has 1 aliphatic heterocycles. The fourth-order valence-corrected chi connectivity index (χ4v) is 4.59. The summed E-state index contributed by atoms with van der Waals surface area (Å²) in [6.07, 6.45) is 11.6. The smallest absolute Gasteiger partial charge is 0.231 e. The van der Waals surface area contributed by atoms with Crippen LogP contribution < -0.4 is 5.32 Å². The van der Waals surface area contributed by atoms with Crippen molar-refractivity contribution in [3.8, 4) is 0 Å². The molecule has 6 heteroatoms. The molecule has 1 aromatic carbocycles. The molecule has 1 saturated heterocycles. The Balaban J connectivity index is 1.68. The lowest BCUT2D eigenvalue weighted by molar-refractivity contribution is -0.137. The molecule has 2 heterocycles. The highest BCUT2D eigenvalue weighted by Gasteiger charge is 2.47. The number of piperidine rings is 1. The number of fused-ring (bicyclic) bond motifs is 1. The monoisotopic (exact) mass is 379 g/mol. The van der Waals surface area contributed by atoms with Crippen molar-refractivity contribution >= 4 is 17.8 Å². The Kier molecular flexibility index (Phi) is 5.28. The molecular weight excluding hydrogens is 357 g/mol. The molecule has 0 radical (unpaired) electrons. The summed E-state index contributed by atoms with van der Waals surface area (Å²) in [4.78, 5) is 33.8. The molecule has 144 valence electrons. The third kappa shape index (κ3) is 3.72. The maximum absolute atomic E-state index is 13.9. The number of aromatic nitrogens is 2. The molecule has 4 atom stereocenters. The lowest BCUT2D eigenvalue weighted by Crippen LogP contribution is -2.56. The summed E-state index contributed by atoms with van der Waals surface area (Å²) in [5.74, 6) is -1.94. The molecule has 1 amide bonds. The number of nitrogens with zero attached hydrogens (tertiary/aromatic N) is 2. The third-order valence-corrected chi connectivity index (χ3v) is 5.81. The summed E-state index contributed by atoms with van der Waals surface area (Å²) >= 11 is 0. The minimum Gasteiger partial charge on any atom is -0.352 e. The molecule has 1 aliphatic carbocycles. The Morgan fingerprint density at radius 1 is 1.18 bits per heavy atom. The van der Waals surface area contributed by atoms with Crippen LogP contribution in [0, 0.1) is 17.7 Å². The van der Waals surface area contributed by atoms with E-state index in [-0.39, 0.29) is 35.4 Å². The standard InChI is InChI=1S/C22H22FN3O2/c23-16-5-3-4-15(10-16)20-17-6-1-2-7-18(17)26-22(28)21(20)19(27)9-8-14-11-24-13-25-12-14/h3-5,8-13,17-18,20-21H,1-2,6-7H2,(H,26,28)/b9-8+. The summed E-state index contributed by atoms with van der Waals surface area (Å²) in [7, 11) is 0. The Labute approximate surface area is 163 Å². The number of benzene rings is 1. The highest BCUT2D eigenvalue weighted by atomic mass is 19.1. The second kappa shape index (κ2) is 8.00. The molecule has 4 rings (SSSR count). The highest BCUT2D eigenvalue weighted by Crippen LogP contribution is 2.44. The van der Waals surface area contributed by atoms with Crippen molar-refractivity contribution < 1.29 is 14.0 Å². The van der Waals surface area contributed by atoms with Gasteiger partial charge in [0.15, 0.2) is 5.78 Å². The van der Waals surface area contributed by atoms with E-state index >= 15 is 0 Å².